The molecule has 0 unspecified atom stereocenters. The topological polar surface area (TPSA) is 30.9 Å². The molecule has 4 nitrogen and oxygen atoms in total. The average molecular weight is 1020 g/mol. The first-order valence-electron chi connectivity index (χ1n) is 27.2. The second-order valence-electron chi connectivity index (χ2n) is 21.0. The van der Waals surface area contributed by atoms with Gasteiger partial charge >= 0.3 is 0 Å². The van der Waals surface area contributed by atoms with Crippen molar-refractivity contribution >= 4 is 92.1 Å². The molecule has 368 valence electrons. The molecule has 0 N–H and O–H groups in total. The minimum absolute atomic E-state index is 0.161. The van der Waals surface area contributed by atoms with Gasteiger partial charge in [0.25, 0.3) is 13.4 Å². The van der Waals surface area contributed by atoms with E-state index >= 15 is 0 Å². The van der Waals surface area contributed by atoms with Crippen LogP contribution >= 0.6 is 0 Å². The summed E-state index contributed by atoms with van der Waals surface area (Å²) in [7, 11) is -3.16. The van der Waals surface area contributed by atoms with Crippen LogP contribution in [0.15, 0.2) is 285 Å². The Bertz CT molecular complexity index is 4200. The lowest BCUT2D eigenvalue weighted by Gasteiger charge is -2.44. The zero-order valence-electron chi connectivity index (χ0n) is 43.0. The van der Waals surface area contributed by atoms with E-state index in [2.05, 4.69) is 290 Å². The largest absolute Gasteiger partial charge is 0.458 e. The fraction of sp³-hybridized carbons (Fsp3) is 0. The summed E-state index contributed by atoms with van der Waals surface area (Å²) in [6.07, 6.45) is 0. The maximum absolute atomic E-state index is 7.47. The molecule has 12 aromatic carbocycles. The lowest BCUT2D eigenvalue weighted by Crippen LogP contribution is -2.75. The monoisotopic (exact) mass is 1020 g/mol. The van der Waals surface area contributed by atoms with Crippen LogP contribution in [-0.4, -0.2) is 21.5 Å². The van der Waals surface area contributed by atoms with E-state index in [1.165, 1.54) is 26.2 Å². The summed E-state index contributed by atoms with van der Waals surface area (Å²) < 4.78 is 21.8. The molecule has 0 radical (unpaired) electrons. The van der Waals surface area contributed by atoms with Crippen LogP contribution in [0.3, 0.4) is 0 Å². The van der Waals surface area contributed by atoms with E-state index in [0.717, 1.165) is 112 Å². The van der Waals surface area contributed by atoms with Crippen LogP contribution in [0.25, 0.3) is 33.4 Å². The molecule has 0 fully saturated rings. The Kier molecular flexibility index (Phi) is 10.4. The summed E-state index contributed by atoms with van der Waals surface area (Å²) in [5, 5.41) is 5.09. The number of rotatable bonds is 8. The highest BCUT2D eigenvalue weighted by Crippen LogP contribution is 2.50. The van der Waals surface area contributed by atoms with E-state index in [-0.39, 0.29) is 13.4 Å². The first-order chi connectivity index (χ1) is 39.2. The van der Waals surface area contributed by atoms with Crippen molar-refractivity contribution in [1.29, 1.82) is 0 Å². The van der Waals surface area contributed by atoms with Gasteiger partial charge in [-0.2, -0.15) is 0 Å². The second-order valence-corrected chi connectivity index (χ2v) is 24.8. The zero-order valence-corrected chi connectivity index (χ0v) is 44.0. The molecule has 79 heavy (non-hydrogen) atoms. The van der Waals surface area contributed by atoms with Crippen LogP contribution in [0.5, 0.6) is 34.5 Å². The van der Waals surface area contributed by atoms with E-state index in [4.69, 9.17) is 14.2 Å². The predicted molar refractivity (Wildman–Crippen MR) is 330 cm³/mol. The summed E-state index contributed by atoms with van der Waals surface area (Å²) in [5.41, 5.74) is 16.5. The highest BCUT2D eigenvalue weighted by atomic mass is 28.3. The van der Waals surface area contributed by atoms with Crippen molar-refractivity contribution in [3.8, 4) is 67.9 Å². The van der Waals surface area contributed by atoms with Gasteiger partial charge in [-0.3, -0.25) is 0 Å². The van der Waals surface area contributed by atoms with Gasteiger partial charge in [0, 0.05) is 34.0 Å². The van der Waals surface area contributed by atoms with Gasteiger partial charge in [-0.25, -0.2) is 0 Å². The van der Waals surface area contributed by atoms with Gasteiger partial charge in [-0.15, -0.1) is 0 Å². The smallest absolute Gasteiger partial charge is 0.260 e. The molecule has 0 aliphatic carbocycles. The van der Waals surface area contributed by atoms with Crippen molar-refractivity contribution in [2.24, 2.45) is 0 Å². The molecule has 4 aliphatic heterocycles. The van der Waals surface area contributed by atoms with Gasteiger partial charge in [0.15, 0.2) is 8.07 Å². The van der Waals surface area contributed by atoms with Crippen molar-refractivity contribution in [3.63, 3.8) is 0 Å². The van der Waals surface area contributed by atoms with Gasteiger partial charge in [0.2, 0.25) is 0 Å². The molecule has 0 spiro atoms. The molecule has 0 saturated carbocycles. The van der Waals surface area contributed by atoms with E-state index in [0.29, 0.717) is 0 Å². The summed E-state index contributed by atoms with van der Waals surface area (Å²) in [6, 6.07) is 104. The maximum atomic E-state index is 7.47. The molecule has 0 saturated heterocycles. The maximum Gasteiger partial charge on any atom is 0.260 e. The highest BCUT2D eigenvalue weighted by Gasteiger charge is 2.49. The average Bonchev–Trinajstić information content (AvgIpc) is 3.70. The van der Waals surface area contributed by atoms with Crippen LogP contribution in [0, 0.1) is 0 Å². The standard InChI is InChI=1S/C72H47B2NO3Si/c1-7-24-48(25-8-1)51-42-67-71-68(43-51)78-66-47-62-60(46-61(66)74(71)59-39-20-22-41-65(59)76-67)73-58-38-19-21-40-64(58)77-69-45-55(79(52-30-13-4-14-31-52,53-32-15-5-16-33-53)54-34-17-6-18-35-54)44-63(70(69)73)75(62)72-56(49-26-9-2-10-27-49)36-23-37-57(72)50-28-11-3-12-29-50/h1-47H. The van der Waals surface area contributed by atoms with E-state index in [1.54, 1.807) is 0 Å². The first kappa shape index (κ1) is 45.4. The van der Waals surface area contributed by atoms with Gasteiger partial charge in [-0.05, 0) is 107 Å². The van der Waals surface area contributed by atoms with Crippen molar-refractivity contribution in [2.75, 3.05) is 4.90 Å². The summed E-state index contributed by atoms with van der Waals surface area (Å²) >= 11 is 0. The number of nitrogens with zero attached hydrogens (tertiary/aromatic N) is 1. The molecule has 4 aliphatic rings. The Balaban J connectivity index is 1.05. The van der Waals surface area contributed by atoms with Crippen LogP contribution < -0.4 is 72.6 Å². The lowest BCUT2D eigenvalue weighted by molar-refractivity contribution is 0.465. The van der Waals surface area contributed by atoms with Crippen LogP contribution in [0.1, 0.15) is 0 Å². The molecule has 0 amide bonds. The first-order valence-corrected chi connectivity index (χ1v) is 29.2. The predicted octanol–water partition coefficient (Wildman–Crippen LogP) is 11.2. The van der Waals surface area contributed by atoms with E-state index in [1.807, 2.05) is 0 Å². The number of ether oxygens (including phenoxy) is 3. The van der Waals surface area contributed by atoms with Crippen LogP contribution in [0.4, 0.5) is 17.1 Å². The number of benzene rings is 12. The van der Waals surface area contributed by atoms with Gasteiger partial charge in [0.05, 0.1) is 5.69 Å². The minimum atomic E-state index is -3.16. The summed E-state index contributed by atoms with van der Waals surface area (Å²) in [6.45, 7) is -0.367. The molecular formula is C72H47B2NO3Si. The molecular weight excluding hydrogens is 977 g/mol. The van der Waals surface area contributed by atoms with Crippen molar-refractivity contribution in [1.82, 2.24) is 0 Å². The normalized spacial score (nSPS) is 13.0. The third-order valence-electron chi connectivity index (χ3n) is 16.8. The molecule has 0 aromatic heterocycles. The Hall–Kier alpha value is -9.81. The van der Waals surface area contributed by atoms with Crippen molar-refractivity contribution in [3.05, 3.63) is 285 Å². The van der Waals surface area contributed by atoms with Crippen LogP contribution in [0.2, 0.25) is 0 Å². The number of anilines is 3. The Morgan fingerprint density at radius 3 is 1.22 bits per heavy atom. The lowest BCUT2D eigenvalue weighted by atomic mass is 9.31. The minimum Gasteiger partial charge on any atom is -0.458 e. The van der Waals surface area contributed by atoms with E-state index < -0.39 is 8.07 Å². The molecule has 0 atom stereocenters. The zero-order chi connectivity index (χ0) is 52.0. The molecule has 16 rings (SSSR count). The Morgan fingerprint density at radius 1 is 0.266 bits per heavy atom. The summed E-state index contributed by atoms with van der Waals surface area (Å²) in [4.78, 5) is 2.58. The molecule has 7 heteroatoms. The number of para-hydroxylation sites is 3. The van der Waals surface area contributed by atoms with E-state index in [9.17, 15) is 0 Å². The highest BCUT2D eigenvalue weighted by molar-refractivity contribution is 7.20. The van der Waals surface area contributed by atoms with Crippen molar-refractivity contribution < 1.29 is 14.2 Å². The molecule has 4 heterocycles. The molecule has 0 bridgehead atoms. The third-order valence-corrected chi connectivity index (χ3v) is 21.5. The van der Waals surface area contributed by atoms with Crippen LogP contribution in [-0.2, 0) is 0 Å². The summed E-state index contributed by atoms with van der Waals surface area (Å²) in [5.74, 6) is 4.99. The number of fused-ring (bicyclic) bond motifs is 8. The fourth-order valence-corrected chi connectivity index (χ4v) is 18.2. The third kappa shape index (κ3) is 7.03. The fourth-order valence-electron chi connectivity index (χ4n) is 13.4. The van der Waals surface area contributed by atoms with Gasteiger partial charge < -0.3 is 19.1 Å². The number of hydrogen-bond acceptors (Lipinski definition) is 4. The second kappa shape index (κ2) is 18.2. The number of hydrogen-bond donors (Lipinski definition) is 0. The molecule has 12 aromatic rings. The van der Waals surface area contributed by atoms with Gasteiger partial charge in [-0.1, -0.05) is 243 Å². The quantitative estimate of drug-likeness (QED) is 0.112. The van der Waals surface area contributed by atoms with Crippen molar-refractivity contribution in [2.45, 2.75) is 0 Å². The Morgan fingerprint density at radius 2 is 0.696 bits per heavy atom. The Labute approximate surface area is 461 Å². The van der Waals surface area contributed by atoms with Gasteiger partial charge in [0.1, 0.15) is 34.5 Å². The SMILES string of the molecule is c1ccc(-c2cc3c4c(c2)Oc2cc5c(cc2B4c2ccccc2O3)B2c3ccccc3Oc3cc([Si](c4ccccc4)(c4ccccc4)c4ccccc4)cc(c32)N5c2c(-c3ccccc3)cccc2-c2ccccc2)cc1.